The maximum atomic E-state index is 11.7. The summed E-state index contributed by atoms with van der Waals surface area (Å²) in [6.07, 6.45) is 1.69. The largest absolute Gasteiger partial charge is 0.398 e. The molecule has 3 N–H and O–H groups in total. The molecule has 0 saturated heterocycles. The molecule has 0 spiro atoms. The second kappa shape index (κ2) is 6.13. The number of nitrogens with one attached hydrogen (secondary N) is 1. The lowest BCUT2D eigenvalue weighted by atomic mass is 10.3. The van der Waals surface area contributed by atoms with Crippen molar-refractivity contribution < 1.29 is 8.42 Å². The van der Waals surface area contributed by atoms with E-state index in [2.05, 4.69) is 25.6 Å². The van der Waals surface area contributed by atoms with Crippen molar-refractivity contribution in [3.63, 3.8) is 0 Å². The van der Waals surface area contributed by atoms with Gasteiger partial charge in [-0.2, -0.15) is 0 Å². The molecule has 0 aliphatic heterocycles. The van der Waals surface area contributed by atoms with Gasteiger partial charge in [0.1, 0.15) is 9.92 Å². The fraction of sp³-hybridized carbons (Fsp3) is 0.0833. The monoisotopic (exact) mass is 373 g/mol. The molecule has 20 heavy (non-hydrogen) atoms. The summed E-state index contributed by atoms with van der Waals surface area (Å²) >= 11 is 4.81. The highest BCUT2D eigenvalue weighted by Crippen LogP contribution is 2.33. The molecule has 2 rings (SSSR count). The van der Waals surface area contributed by atoms with Gasteiger partial charge in [-0.15, -0.1) is 0 Å². The molecule has 0 atom stereocenters. The van der Waals surface area contributed by atoms with Crippen molar-refractivity contribution in [2.75, 3.05) is 12.8 Å². The van der Waals surface area contributed by atoms with Crippen molar-refractivity contribution in [3.05, 3.63) is 41.0 Å². The summed E-state index contributed by atoms with van der Waals surface area (Å²) in [5.74, 6) is 0. The van der Waals surface area contributed by atoms with Crippen LogP contribution in [0.3, 0.4) is 0 Å². The first kappa shape index (κ1) is 15.3. The van der Waals surface area contributed by atoms with E-state index in [1.165, 1.54) is 24.9 Å². The first-order chi connectivity index (χ1) is 9.44. The summed E-state index contributed by atoms with van der Waals surface area (Å²) in [6, 6.07) is 8.52. The highest BCUT2D eigenvalue weighted by molar-refractivity contribution is 9.10. The molecule has 0 aliphatic rings. The molecule has 0 saturated carbocycles. The lowest BCUT2D eigenvalue weighted by molar-refractivity contribution is 0.588. The molecule has 0 fully saturated rings. The zero-order valence-electron chi connectivity index (χ0n) is 10.5. The number of nitrogens with zero attached hydrogens (tertiary/aromatic N) is 1. The van der Waals surface area contributed by atoms with E-state index in [1.807, 2.05) is 12.1 Å². The van der Waals surface area contributed by atoms with Gasteiger partial charge in [-0.05, 0) is 53.3 Å². The first-order valence-corrected chi connectivity index (χ1v) is 8.65. The average Bonchev–Trinajstić information content (AvgIpc) is 2.41. The second-order valence-corrected chi connectivity index (χ2v) is 7.57. The van der Waals surface area contributed by atoms with Crippen LogP contribution >= 0.6 is 27.7 Å². The highest BCUT2D eigenvalue weighted by Gasteiger charge is 2.15. The van der Waals surface area contributed by atoms with Gasteiger partial charge in [0.15, 0.2) is 0 Å². The van der Waals surface area contributed by atoms with Crippen LogP contribution in [0.15, 0.2) is 55.8 Å². The lowest BCUT2D eigenvalue weighted by Gasteiger charge is -2.08. The molecule has 1 aromatic carbocycles. The Kier molecular flexibility index (Phi) is 4.69. The Hall–Kier alpha value is -1.09. The molecule has 0 aliphatic carbocycles. The Balaban J connectivity index is 2.33. The van der Waals surface area contributed by atoms with Gasteiger partial charge in [0, 0.05) is 11.1 Å². The van der Waals surface area contributed by atoms with E-state index >= 15 is 0 Å². The number of sulfonamides is 1. The Labute approximate surface area is 130 Å². The first-order valence-electron chi connectivity index (χ1n) is 5.55. The average molecular weight is 374 g/mol. The number of benzene rings is 1. The number of rotatable bonds is 4. The van der Waals surface area contributed by atoms with Gasteiger partial charge < -0.3 is 5.73 Å². The van der Waals surface area contributed by atoms with E-state index in [0.29, 0.717) is 0 Å². The number of nitrogen functional groups attached to an aromatic ring is 1. The van der Waals surface area contributed by atoms with E-state index in [9.17, 15) is 8.42 Å². The van der Waals surface area contributed by atoms with E-state index in [0.717, 1.165) is 14.4 Å². The second-order valence-electron chi connectivity index (χ2n) is 3.80. The molecular formula is C12H12BrN3O2S2. The third-order valence-electron chi connectivity index (χ3n) is 2.48. The standard InChI is InChI=1S/C12H12BrN3O2S2/c1-15-20(17,18)11-5-4-8(7-10(11)14)19-12-9(13)3-2-6-16-12/h2-7,15H,14H2,1H3. The minimum absolute atomic E-state index is 0.0736. The number of nitrogens with two attached hydrogens (primary N) is 1. The fourth-order valence-electron chi connectivity index (χ4n) is 1.50. The smallest absolute Gasteiger partial charge is 0.242 e. The van der Waals surface area contributed by atoms with E-state index in [-0.39, 0.29) is 10.6 Å². The van der Waals surface area contributed by atoms with E-state index in [1.54, 1.807) is 18.3 Å². The topological polar surface area (TPSA) is 85.1 Å². The molecule has 0 unspecified atom stereocenters. The van der Waals surface area contributed by atoms with Gasteiger partial charge in [0.25, 0.3) is 0 Å². The van der Waals surface area contributed by atoms with Crippen LogP contribution < -0.4 is 10.5 Å². The molecule has 5 nitrogen and oxygen atoms in total. The van der Waals surface area contributed by atoms with Gasteiger partial charge >= 0.3 is 0 Å². The van der Waals surface area contributed by atoms with Crippen LogP contribution in [-0.4, -0.2) is 20.4 Å². The summed E-state index contributed by atoms with van der Waals surface area (Å²) in [6.45, 7) is 0. The van der Waals surface area contributed by atoms with Crippen LogP contribution in [0.2, 0.25) is 0 Å². The van der Waals surface area contributed by atoms with Crippen molar-refractivity contribution in [2.45, 2.75) is 14.8 Å². The van der Waals surface area contributed by atoms with Crippen LogP contribution in [0, 0.1) is 0 Å². The van der Waals surface area contributed by atoms with Gasteiger partial charge in [-0.1, -0.05) is 11.8 Å². The van der Waals surface area contributed by atoms with Gasteiger partial charge in [0.05, 0.1) is 10.2 Å². The van der Waals surface area contributed by atoms with E-state index in [4.69, 9.17) is 5.73 Å². The molecule has 1 heterocycles. The number of anilines is 1. The van der Waals surface area contributed by atoms with Crippen LogP contribution in [-0.2, 0) is 10.0 Å². The molecule has 2 aromatic rings. The third-order valence-corrected chi connectivity index (χ3v) is 5.88. The quantitative estimate of drug-likeness (QED) is 0.804. The van der Waals surface area contributed by atoms with Gasteiger partial charge in [-0.3, -0.25) is 0 Å². The minimum Gasteiger partial charge on any atom is -0.398 e. The number of halogens is 1. The van der Waals surface area contributed by atoms with Crippen LogP contribution in [0.1, 0.15) is 0 Å². The van der Waals surface area contributed by atoms with Crippen molar-refractivity contribution in [2.24, 2.45) is 0 Å². The van der Waals surface area contributed by atoms with Crippen molar-refractivity contribution in [1.29, 1.82) is 0 Å². The number of aromatic nitrogens is 1. The predicted octanol–water partition coefficient (Wildman–Crippen LogP) is 2.49. The van der Waals surface area contributed by atoms with Crippen molar-refractivity contribution >= 4 is 43.4 Å². The summed E-state index contributed by atoms with van der Waals surface area (Å²) in [4.78, 5) is 5.13. The normalized spacial score (nSPS) is 11.5. The lowest BCUT2D eigenvalue weighted by Crippen LogP contribution is -2.19. The van der Waals surface area contributed by atoms with Crippen molar-refractivity contribution in [3.8, 4) is 0 Å². The zero-order valence-corrected chi connectivity index (χ0v) is 13.7. The molecule has 0 bridgehead atoms. The molecule has 1 aromatic heterocycles. The number of hydrogen-bond donors (Lipinski definition) is 2. The number of pyridine rings is 1. The van der Waals surface area contributed by atoms with Crippen molar-refractivity contribution in [1.82, 2.24) is 9.71 Å². The predicted molar refractivity (Wildman–Crippen MR) is 83.2 cm³/mol. The van der Waals surface area contributed by atoms with E-state index < -0.39 is 10.0 Å². The molecule has 8 heteroatoms. The summed E-state index contributed by atoms with van der Waals surface area (Å²) in [7, 11) is -2.19. The third kappa shape index (κ3) is 3.32. The van der Waals surface area contributed by atoms with Crippen LogP contribution in [0.4, 0.5) is 5.69 Å². The summed E-state index contributed by atoms with van der Waals surface area (Å²) < 4.78 is 26.6. The molecular weight excluding hydrogens is 362 g/mol. The maximum absolute atomic E-state index is 11.7. The van der Waals surface area contributed by atoms with Crippen LogP contribution in [0.5, 0.6) is 0 Å². The highest BCUT2D eigenvalue weighted by atomic mass is 79.9. The Morgan fingerprint density at radius 1 is 1.35 bits per heavy atom. The Bertz CT molecular complexity index is 735. The summed E-state index contributed by atoms with van der Waals surface area (Å²) in [5.41, 5.74) is 6.02. The van der Waals surface area contributed by atoms with Crippen LogP contribution in [0.25, 0.3) is 0 Å². The Morgan fingerprint density at radius 2 is 2.10 bits per heavy atom. The summed E-state index contributed by atoms with van der Waals surface area (Å²) in [5, 5.41) is 0.788. The van der Waals surface area contributed by atoms with Gasteiger partial charge in [0.2, 0.25) is 10.0 Å². The molecule has 0 amide bonds. The Morgan fingerprint density at radius 3 is 2.70 bits per heavy atom. The SMILES string of the molecule is CNS(=O)(=O)c1ccc(Sc2ncccc2Br)cc1N. The minimum atomic E-state index is -3.54. The maximum Gasteiger partial charge on any atom is 0.242 e. The fourth-order valence-corrected chi connectivity index (χ4v) is 3.66. The number of hydrogen-bond acceptors (Lipinski definition) is 5. The zero-order chi connectivity index (χ0) is 14.8. The molecule has 0 radical (unpaired) electrons. The molecule has 106 valence electrons. The van der Waals surface area contributed by atoms with Gasteiger partial charge in [-0.25, -0.2) is 18.1 Å².